The third kappa shape index (κ3) is 2.58. The summed E-state index contributed by atoms with van der Waals surface area (Å²) in [6, 6.07) is 3.54. The van der Waals surface area contributed by atoms with Gasteiger partial charge in [0.05, 0.1) is 19.7 Å². The normalized spacial score (nSPS) is 16.0. The number of hydrogen-bond donors (Lipinski definition) is 1. The number of ether oxygens (including phenoxy) is 2. The molecule has 0 atom stereocenters. The molecule has 1 aromatic carbocycles. The summed E-state index contributed by atoms with van der Waals surface area (Å²) in [5.41, 5.74) is 6.74. The Balaban J connectivity index is 2.03. The quantitative estimate of drug-likeness (QED) is 0.937. The molecule has 118 valence electrons. The number of halogens is 1. The summed E-state index contributed by atoms with van der Waals surface area (Å²) in [5, 5.41) is 0.710. The van der Waals surface area contributed by atoms with E-state index in [1.165, 1.54) is 0 Å². The third-order valence-electron chi connectivity index (χ3n) is 3.93. The van der Waals surface area contributed by atoms with Crippen molar-refractivity contribution in [1.29, 1.82) is 0 Å². The molecule has 1 saturated heterocycles. The summed E-state index contributed by atoms with van der Waals surface area (Å²) in [5.74, 6) is 2.07. The highest BCUT2D eigenvalue weighted by Gasteiger charge is 2.21. The van der Waals surface area contributed by atoms with Gasteiger partial charge in [-0.25, -0.2) is 9.37 Å². The maximum atomic E-state index is 13.3. The number of rotatable bonds is 3. The predicted molar refractivity (Wildman–Crippen MR) is 83.4 cm³/mol. The number of benzene rings is 1. The number of methoxy groups -OCH3 is 2. The fourth-order valence-electron chi connectivity index (χ4n) is 2.66. The molecule has 1 aromatic heterocycles. The monoisotopic (exact) mass is 306 g/mol. The van der Waals surface area contributed by atoms with Crippen LogP contribution in [0.4, 0.5) is 16.2 Å². The first-order chi connectivity index (χ1) is 10.6. The second kappa shape index (κ2) is 5.82. The average Bonchev–Trinajstić information content (AvgIpc) is 2.54. The van der Waals surface area contributed by atoms with Crippen LogP contribution in [0.5, 0.6) is 11.5 Å². The van der Waals surface area contributed by atoms with E-state index in [9.17, 15) is 4.39 Å². The Hall–Kier alpha value is -2.31. The van der Waals surface area contributed by atoms with Gasteiger partial charge in [-0.15, -0.1) is 0 Å². The zero-order valence-corrected chi connectivity index (χ0v) is 12.7. The summed E-state index contributed by atoms with van der Waals surface area (Å²) >= 11 is 0. The van der Waals surface area contributed by atoms with Crippen molar-refractivity contribution < 1.29 is 13.9 Å². The first-order valence-corrected chi connectivity index (χ1v) is 7.20. The highest BCUT2D eigenvalue weighted by Crippen LogP contribution is 2.34. The molecular weight excluding hydrogens is 287 g/mol. The summed E-state index contributed by atoms with van der Waals surface area (Å²) in [6.07, 6.45) is 0.249. The Bertz CT molecular complexity index is 687. The lowest BCUT2D eigenvalue weighted by molar-refractivity contribution is 0.276. The highest BCUT2D eigenvalue weighted by atomic mass is 19.1. The maximum Gasteiger partial charge on any atom is 0.227 e. The molecule has 0 saturated carbocycles. The number of nitrogens with zero attached hydrogens (tertiary/aromatic N) is 3. The molecule has 0 bridgehead atoms. The van der Waals surface area contributed by atoms with Crippen molar-refractivity contribution >= 4 is 22.7 Å². The number of anilines is 2. The Morgan fingerprint density at radius 2 is 1.77 bits per heavy atom. The Kier molecular flexibility index (Phi) is 3.87. The lowest BCUT2D eigenvalue weighted by Crippen LogP contribution is -2.35. The molecule has 3 rings (SSSR count). The van der Waals surface area contributed by atoms with Crippen LogP contribution in [0.2, 0.25) is 0 Å². The minimum atomic E-state index is -0.738. The van der Waals surface area contributed by atoms with Gasteiger partial charge in [-0.05, 0) is 18.9 Å². The number of piperidine rings is 1. The van der Waals surface area contributed by atoms with Crippen molar-refractivity contribution in [3.8, 4) is 11.5 Å². The number of nitrogens with two attached hydrogens (primary N) is 1. The minimum absolute atomic E-state index is 0.378. The number of alkyl halides is 1. The minimum Gasteiger partial charge on any atom is -0.493 e. The van der Waals surface area contributed by atoms with Gasteiger partial charge < -0.3 is 20.1 Å². The first kappa shape index (κ1) is 14.6. The first-order valence-electron chi connectivity index (χ1n) is 7.20. The van der Waals surface area contributed by atoms with Crippen LogP contribution in [0.1, 0.15) is 12.8 Å². The van der Waals surface area contributed by atoms with E-state index in [1.807, 2.05) is 4.90 Å². The van der Waals surface area contributed by atoms with E-state index in [0.717, 1.165) is 0 Å². The van der Waals surface area contributed by atoms with E-state index in [-0.39, 0.29) is 0 Å². The summed E-state index contributed by atoms with van der Waals surface area (Å²) in [6.45, 7) is 1.19. The molecule has 1 fully saturated rings. The van der Waals surface area contributed by atoms with Crippen LogP contribution in [0.15, 0.2) is 12.1 Å². The summed E-state index contributed by atoms with van der Waals surface area (Å²) in [7, 11) is 3.14. The molecule has 2 aromatic rings. The average molecular weight is 306 g/mol. The van der Waals surface area contributed by atoms with E-state index < -0.39 is 6.17 Å². The van der Waals surface area contributed by atoms with Crippen LogP contribution in [-0.2, 0) is 0 Å². The van der Waals surface area contributed by atoms with Gasteiger partial charge in [0, 0.05) is 24.5 Å². The lowest BCUT2D eigenvalue weighted by atomic mass is 10.1. The lowest BCUT2D eigenvalue weighted by Gasteiger charge is -2.28. The summed E-state index contributed by atoms with van der Waals surface area (Å²) < 4.78 is 23.8. The van der Waals surface area contributed by atoms with Gasteiger partial charge in [0.15, 0.2) is 11.5 Å². The van der Waals surface area contributed by atoms with Crippen LogP contribution in [0.3, 0.4) is 0 Å². The molecule has 0 spiro atoms. The standard InChI is InChI=1S/C15H19FN4O2/c1-21-12-7-10-11(8-13(12)22-2)18-15(19-14(10)17)20-5-3-9(16)4-6-20/h7-9H,3-6H2,1-2H3,(H2,17,18,19). The predicted octanol–water partition coefficient (Wildman–Crippen LogP) is 2.17. The fourth-order valence-corrected chi connectivity index (χ4v) is 2.66. The van der Waals surface area contributed by atoms with Crippen LogP contribution in [0.25, 0.3) is 10.9 Å². The van der Waals surface area contributed by atoms with Crippen molar-refractivity contribution in [2.75, 3.05) is 37.9 Å². The van der Waals surface area contributed by atoms with Crippen LogP contribution >= 0.6 is 0 Å². The van der Waals surface area contributed by atoms with E-state index in [1.54, 1.807) is 26.4 Å². The molecule has 1 aliphatic heterocycles. The smallest absolute Gasteiger partial charge is 0.227 e. The van der Waals surface area contributed by atoms with E-state index in [2.05, 4.69) is 9.97 Å². The molecule has 0 amide bonds. The van der Waals surface area contributed by atoms with Crippen LogP contribution < -0.4 is 20.1 Å². The molecule has 0 unspecified atom stereocenters. The highest BCUT2D eigenvalue weighted by molar-refractivity contribution is 5.91. The number of aromatic nitrogens is 2. The molecule has 7 heteroatoms. The van der Waals surface area contributed by atoms with Gasteiger partial charge in [-0.1, -0.05) is 0 Å². The largest absolute Gasteiger partial charge is 0.493 e. The third-order valence-corrected chi connectivity index (χ3v) is 3.93. The van der Waals surface area contributed by atoms with Gasteiger partial charge in [0.2, 0.25) is 5.95 Å². The molecule has 6 nitrogen and oxygen atoms in total. The second-order valence-corrected chi connectivity index (χ2v) is 5.29. The number of hydrogen-bond acceptors (Lipinski definition) is 6. The van der Waals surface area contributed by atoms with Crippen molar-refractivity contribution in [2.24, 2.45) is 0 Å². The van der Waals surface area contributed by atoms with Gasteiger partial charge >= 0.3 is 0 Å². The van der Waals surface area contributed by atoms with Crippen molar-refractivity contribution in [1.82, 2.24) is 9.97 Å². The zero-order chi connectivity index (χ0) is 15.7. The number of fused-ring (bicyclic) bond motifs is 1. The fraction of sp³-hybridized carbons (Fsp3) is 0.467. The van der Waals surface area contributed by atoms with Gasteiger partial charge in [-0.3, -0.25) is 0 Å². The Morgan fingerprint density at radius 3 is 2.41 bits per heavy atom. The van der Waals surface area contributed by atoms with Crippen molar-refractivity contribution in [3.63, 3.8) is 0 Å². The number of nitrogen functional groups attached to an aromatic ring is 1. The van der Waals surface area contributed by atoms with Crippen LogP contribution in [0, 0.1) is 0 Å². The van der Waals surface area contributed by atoms with Crippen LogP contribution in [-0.4, -0.2) is 43.4 Å². The van der Waals surface area contributed by atoms with Gasteiger partial charge in [-0.2, -0.15) is 4.98 Å². The Labute approximate surface area is 128 Å². The molecular formula is C15H19FN4O2. The van der Waals surface area contributed by atoms with Gasteiger partial charge in [0.25, 0.3) is 0 Å². The van der Waals surface area contributed by atoms with E-state index in [0.29, 0.717) is 60.1 Å². The topological polar surface area (TPSA) is 73.5 Å². The van der Waals surface area contributed by atoms with E-state index >= 15 is 0 Å². The molecule has 2 heterocycles. The second-order valence-electron chi connectivity index (χ2n) is 5.29. The molecule has 1 aliphatic rings. The van der Waals surface area contributed by atoms with Crippen molar-refractivity contribution in [2.45, 2.75) is 19.0 Å². The zero-order valence-electron chi connectivity index (χ0n) is 12.7. The van der Waals surface area contributed by atoms with Gasteiger partial charge in [0.1, 0.15) is 12.0 Å². The molecule has 0 radical (unpaired) electrons. The molecule has 22 heavy (non-hydrogen) atoms. The Morgan fingerprint density at radius 1 is 1.14 bits per heavy atom. The SMILES string of the molecule is COc1cc2nc(N3CCC(F)CC3)nc(N)c2cc1OC. The van der Waals surface area contributed by atoms with Crippen molar-refractivity contribution in [3.05, 3.63) is 12.1 Å². The maximum absolute atomic E-state index is 13.3. The van der Waals surface area contributed by atoms with E-state index in [4.69, 9.17) is 15.2 Å². The summed E-state index contributed by atoms with van der Waals surface area (Å²) in [4.78, 5) is 10.9. The molecule has 2 N–H and O–H groups in total. The molecule has 0 aliphatic carbocycles.